The van der Waals surface area contributed by atoms with Crippen molar-refractivity contribution in [2.45, 2.75) is 0 Å². The number of nitrogens with zero attached hydrogens (tertiary/aromatic N) is 3. The largest absolute Gasteiger partial charge is 0.496 e. The van der Waals surface area contributed by atoms with Crippen LogP contribution in [0.4, 0.5) is 0 Å². The topological polar surface area (TPSA) is 57.9 Å². The van der Waals surface area contributed by atoms with E-state index in [9.17, 15) is 0 Å². The van der Waals surface area contributed by atoms with Gasteiger partial charge in [-0.25, -0.2) is 9.97 Å². The second-order valence-electron chi connectivity index (χ2n) is 4.18. The molecule has 6 nitrogen and oxygen atoms in total. The lowest BCUT2D eigenvalue weighted by molar-refractivity contribution is 0.385. The fourth-order valence-electron chi connectivity index (χ4n) is 1.89. The number of fused-ring (bicyclic) bond motifs is 1. The van der Waals surface area contributed by atoms with Crippen LogP contribution in [0.15, 0.2) is 41.4 Å². The highest BCUT2D eigenvalue weighted by Gasteiger charge is 2.11. The van der Waals surface area contributed by atoms with E-state index in [4.69, 9.17) is 14.2 Å². The third-order valence-corrected chi connectivity index (χ3v) is 3.24. The van der Waals surface area contributed by atoms with Crippen molar-refractivity contribution >= 4 is 21.6 Å². The molecule has 0 aliphatic heterocycles. The van der Waals surface area contributed by atoms with Crippen molar-refractivity contribution in [3.8, 4) is 23.1 Å². The molecule has 0 radical (unpaired) electrons. The molecule has 0 spiro atoms. The number of aromatic nitrogens is 3. The summed E-state index contributed by atoms with van der Waals surface area (Å²) in [6.45, 7) is 0. The van der Waals surface area contributed by atoms with Crippen molar-refractivity contribution in [1.29, 1.82) is 0 Å². The maximum absolute atomic E-state index is 5.83. The Balaban J connectivity index is 2.03. The van der Waals surface area contributed by atoms with E-state index >= 15 is 0 Å². The molecule has 0 amide bonds. The summed E-state index contributed by atoms with van der Waals surface area (Å²) in [6, 6.07) is 5.28. The molecule has 0 saturated carbocycles. The normalized spacial score (nSPS) is 10.6. The zero-order chi connectivity index (χ0) is 14.8. The lowest BCUT2D eigenvalue weighted by atomic mass is 10.3. The van der Waals surface area contributed by atoms with Gasteiger partial charge in [0.05, 0.1) is 14.2 Å². The van der Waals surface area contributed by atoms with Gasteiger partial charge in [-0.15, -0.1) is 0 Å². The number of halogens is 1. The number of benzene rings is 1. The highest BCUT2D eigenvalue weighted by Crippen LogP contribution is 2.31. The van der Waals surface area contributed by atoms with Gasteiger partial charge in [0.2, 0.25) is 5.65 Å². The molecular formula is C14H12BrN3O3. The van der Waals surface area contributed by atoms with Gasteiger partial charge >= 0.3 is 0 Å². The molecule has 0 fully saturated rings. The Morgan fingerprint density at radius 1 is 1.05 bits per heavy atom. The Morgan fingerprint density at radius 2 is 1.71 bits per heavy atom. The molecule has 3 aromatic rings. The van der Waals surface area contributed by atoms with E-state index in [1.165, 1.54) is 0 Å². The van der Waals surface area contributed by atoms with Crippen molar-refractivity contribution < 1.29 is 14.2 Å². The minimum Gasteiger partial charge on any atom is -0.496 e. The fourth-order valence-corrected chi connectivity index (χ4v) is 2.28. The zero-order valence-corrected chi connectivity index (χ0v) is 13.0. The van der Waals surface area contributed by atoms with Gasteiger partial charge < -0.3 is 14.2 Å². The van der Waals surface area contributed by atoms with Gasteiger partial charge in [0, 0.05) is 36.8 Å². The Kier molecular flexibility index (Phi) is 3.66. The number of methoxy groups -OCH3 is 2. The first-order valence-corrected chi connectivity index (χ1v) is 6.89. The molecule has 2 aromatic heterocycles. The lowest BCUT2D eigenvalue weighted by Gasteiger charge is -2.10. The molecule has 2 heterocycles. The second kappa shape index (κ2) is 5.61. The molecule has 0 aliphatic rings. The van der Waals surface area contributed by atoms with Gasteiger partial charge in [-0.1, -0.05) is 0 Å². The van der Waals surface area contributed by atoms with Crippen LogP contribution < -0.4 is 14.2 Å². The van der Waals surface area contributed by atoms with Gasteiger partial charge in [-0.3, -0.25) is 4.40 Å². The summed E-state index contributed by atoms with van der Waals surface area (Å²) in [5.74, 6) is 2.23. The van der Waals surface area contributed by atoms with Gasteiger partial charge in [-0.05, 0) is 15.9 Å². The van der Waals surface area contributed by atoms with Crippen LogP contribution in [0.3, 0.4) is 0 Å². The quantitative estimate of drug-likeness (QED) is 0.723. The summed E-state index contributed by atoms with van der Waals surface area (Å²) in [4.78, 5) is 8.54. The minimum absolute atomic E-state index is 0.393. The van der Waals surface area contributed by atoms with E-state index in [1.807, 2.05) is 10.6 Å². The van der Waals surface area contributed by atoms with Crippen LogP contribution in [-0.2, 0) is 0 Å². The maximum Gasteiger partial charge on any atom is 0.264 e. The summed E-state index contributed by atoms with van der Waals surface area (Å²) >= 11 is 3.35. The van der Waals surface area contributed by atoms with E-state index in [1.54, 1.807) is 44.8 Å². The van der Waals surface area contributed by atoms with Crippen molar-refractivity contribution in [2.75, 3.05) is 14.2 Å². The summed E-state index contributed by atoms with van der Waals surface area (Å²) in [5, 5.41) is 0. The Morgan fingerprint density at radius 3 is 2.38 bits per heavy atom. The van der Waals surface area contributed by atoms with Crippen LogP contribution in [0, 0.1) is 0 Å². The first-order valence-electron chi connectivity index (χ1n) is 6.10. The van der Waals surface area contributed by atoms with Crippen LogP contribution in [0.1, 0.15) is 0 Å². The lowest BCUT2D eigenvalue weighted by Crippen LogP contribution is -1.96. The number of rotatable bonds is 4. The molecule has 7 heteroatoms. The van der Waals surface area contributed by atoms with Gasteiger partial charge in [0.25, 0.3) is 5.88 Å². The predicted molar refractivity (Wildman–Crippen MR) is 80.3 cm³/mol. The molecule has 0 saturated heterocycles. The molecule has 21 heavy (non-hydrogen) atoms. The van der Waals surface area contributed by atoms with Gasteiger partial charge in [-0.2, -0.15) is 0 Å². The zero-order valence-electron chi connectivity index (χ0n) is 11.4. The molecule has 108 valence electrons. The van der Waals surface area contributed by atoms with Crippen LogP contribution in [0.2, 0.25) is 0 Å². The highest BCUT2D eigenvalue weighted by molar-refractivity contribution is 9.10. The molecule has 0 bridgehead atoms. The number of imidazole rings is 1. The second-order valence-corrected chi connectivity index (χ2v) is 4.99. The highest BCUT2D eigenvalue weighted by atomic mass is 79.9. The molecule has 0 unspecified atom stereocenters. The average Bonchev–Trinajstić information content (AvgIpc) is 2.95. The number of hydrogen-bond donors (Lipinski definition) is 0. The Hall–Kier alpha value is -2.28. The minimum atomic E-state index is 0.393. The Bertz CT molecular complexity index is 766. The summed E-state index contributed by atoms with van der Waals surface area (Å²) in [7, 11) is 3.17. The predicted octanol–water partition coefficient (Wildman–Crippen LogP) is 3.30. The van der Waals surface area contributed by atoms with Crippen molar-refractivity contribution in [3.05, 3.63) is 41.4 Å². The number of hydrogen-bond acceptors (Lipinski definition) is 5. The maximum atomic E-state index is 5.83. The first kappa shape index (κ1) is 13.7. The van der Waals surface area contributed by atoms with Crippen LogP contribution >= 0.6 is 15.9 Å². The van der Waals surface area contributed by atoms with E-state index in [0.717, 1.165) is 0 Å². The third-order valence-electron chi connectivity index (χ3n) is 2.85. The van der Waals surface area contributed by atoms with Crippen LogP contribution in [-0.4, -0.2) is 28.6 Å². The molecule has 0 aliphatic carbocycles. The van der Waals surface area contributed by atoms with Gasteiger partial charge in [0.15, 0.2) is 0 Å². The van der Waals surface area contributed by atoms with Crippen LogP contribution in [0.5, 0.6) is 23.1 Å². The van der Waals surface area contributed by atoms with Crippen molar-refractivity contribution in [2.24, 2.45) is 0 Å². The summed E-state index contributed by atoms with van der Waals surface area (Å²) in [6.07, 6.45) is 5.31. The molecule has 3 rings (SSSR count). The standard InChI is InChI=1S/C14H12BrN3O3/c1-19-9-5-10(20-2)7-11(6-9)21-14-13-16-3-4-18(13)8-12(15)17-14/h3-8H,1-2H3. The molecule has 0 N–H and O–H groups in total. The van der Waals surface area contributed by atoms with E-state index in [2.05, 4.69) is 25.9 Å². The average molecular weight is 350 g/mol. The fraction of sp³-hybridized carbons (Fsp3) is 0.143. The SMILES string of the molecule is COc1cc(OC)cc(Oc2nc(Br)cn3ccnc23)c1. The monoisotopic (exact) mass is 349 g/mol. The summed E-state index contributed by atoms with van der Waals surface area (Å²) < 4.78 is 18.7. The van der Waals surface area contributed by atoms with E-state index in [0.29, 0.717) is 33.4 Å². The van der Waals surface area contributed by atoms with E-state index < -0.39 is 0 Å². The third kappa shape index (κ3) is 2.78. The van der Waals surface area contributed by atoms with E-state index in [-0.39, 0.29) is 0 Å². The smallest absolute Gasteiger partial charge is 0.264 e. The van der Waals surface area contributed by atoms with Crippen molar-refractivity contribution in [3.63, 3.8) is 0 Å². The van der Waals surface area contributed by atoms with Crippen LogP contribution in [0.25, 0.3) is 5.65 Å². The van der Waals surface area contributed by atoms with Gasteiger partial charge in [0.1, 0.15) is 21.9 Å². The molecular weight excluding hydrogens is 338 g/mol. The molecule has 1 aromatic carbocycles. The van der Waals surface area contributed by atoms with Crippen molar-refractivity contribution in [1.82, 2.24) is 14.4 Å². The molecule has 0 atom stereocenters. The first-order chi connectivity index (χ1) is 10.2. The summed E-state index contributed by atoms with van der Waals surface area (Å²) in [5.41, 5.74) is 0.625. The Labute approximate surface area is 129 Å². The number of ether oxygens (including phenoxy) is 3.